The van der Waals surface area contributed by atoms with Crippen LogP contribution in [0.15, 0.2) is 42.5 Å². The second kappa shape index (κ2) is 10.1. The summed E-state index contributed by atoms with van der Waals surface area (Å²) in [6, 6.07) is 13.7. The first-order chi connectivity index (χ1) is 14.0. The predicted octanol–water partition coefficient (Wildman–Crippen LogP) is 7.65. The smallest absolute Gasteiger partial charge is 0.226 e. The summed E-state index contributed by atoms with van der Waals surface area (Å²) in [5.74, 6) is 0.300. The van der Waals surface area contributed by atoms with Gasteiger partial charge in [0.2, 0.25) is 5.52 Å². The highest BCUT2D eigenvalue weighted by Gasteiger charge is 2.38. The average Bonchev–Trinajstić information content (AvgIpc) is 2.70. The van der Waals surface area contributed by atoms with Crippen LogP contribution in [0.5, 0.6) is 0 Å². The zero-order valence-electron chi connectivity index (χ0n) is 19.9. The average molecular weight is 427 g/mol. The summed E-state index contributed by atoms with van der Waals surface area (Å²) < 4.78 is 14.5. The molecular weight excluding hydrogens is 387 g/mol. The lowest BCUT2D eigenvalue weighted by atomic mass is 9.84. The summed E-state index contributed by atoms with van der Waals surface area (Å²) in [4.78, 5) is 13.9. The summed E-state index contributed by atoms with van der Waals surface area (Å²) in [7, 11) is -3.25. The highest BCUT2D eigenvalue weighted by molar-refractivity contribution is 7.87. The quantitative estimate of drug-likeness (QED) is 0.386. The van der Waals surface area contributed by atoms with Crippen molar-refractivity contribution in [1.82, 2.24) is 0 Å². The maximum atomic E-state index is 14.5. The third-order valence-electron chi connectivity index (χ3n) is 6.17. The molecule has 2 aromatic rings. The monoisotopic (exact) mass is 426 g/mol. The van der Waals surface area contributed by atoms with Gasteiger partial charge in [0.15, 0.2) is 7.14 Å². The van der Waals surface area contributed by atoms with Crippen LogP contribution in [0.3, 0.4) is 0 Å². The van der Waals surface area contributed by atoms with Gasteiger partial charge in [-0.2, -0.15) is 0 Å². The Bertz CT molecular complexity index is 883. The second-order valence-corrected chi connectivity index (χ2v) is 12.5. The minimum atomic E-state index is -3.25. The molecule has 0 aromatic heterocycles. The SMILES string of the molecule is CCCCC(CC)CP(=O)(C(=O)c1c(C)cc(C(C)(C)C)cc1C)c1ccccc1. The standard InChI is InChI=1S/C27H39O2P/c1-8-10-14-22(9-2)19-30(29,24-15-12-11-13-16-24)26(28)25-20(3)17-23(18-21(25)4)27(5,6)7/h11-13,15-18,22H,8-10,14,19H2,1-7H3. The van der Waals surface area contributed by atoms with Crippen molar-refractivity contribution < 1.29 is 9.36 Å². The second-order valence-electron chi connectivity index (χ2n) is 9.71. The van der Waals surface area contributed by atoms with Crippen molar-refractivity contribution in [2.75, 3.05) is 6.16 Å². The lowest BCUT2D eigenvalue weighted by Crippen LogP contribution is -2.22. The van der Waals surface area contributed by atoms with Crippen molar-refractivity contribution in [1.29, 1.82) is 0 Å². The van der Waals surface area contributed by atoms with E-state index in [2.05, 4.69) is 46.8 Å². The van der Waals surface area contributed by atoms with Crippen LogP contribution in [-0.4, -0.2) is 11.7 Å². The molecule has 164 valence electrons. The van der Waals surface area contributed by atoms with Crippen molar-refractivity contribution in [3.8, 4) is 0 Å². The Morgan fingerprint density at radius 1 is 1.00 bits per heavy atom. The van der Waals surface area contributed by atoms with Crippen LogP contribution in [0.2, 0.25) is 0 Å². The summed E-state index contributed by atoms with van der Waals surface area (Å²) in [5.41, 5.74) is 3.57. The Kier molecular flexibility index (Phi) is 8.28. The van der Waals surface area contributed by atoms with E-state index in [0.29, 0.717) is 22.9 Å². The molecule has 0 heterocycles. The molecule has 0 aliphatic carbocycles. The van der Waals surface area contributed by atoms with Gasteiger partial charge in [-0.1, -0.05) is 96.3 Å². The predicted molar refractivity (Wildman–Crippen MR) is 131 cm³/mol. The van der Waals surface area contributed by atoms with E-state index < -0.39 is 7.14 Å². The number of aryl methyl sites for hydroxylation is 2. The minimum Gasteiger partial charge on any atom is -0.310 e. The topological polar surface area (TPSA) is 34.1 Å². The fourth-order valence-electron chi connectivity index (χ4n) is 4.17. The van der Waals surface area contributed by atoms with Crippen LogP contribution >= 0.6 is 7.14 Å². The first-order valence-corrected chi connectivity index (χ1v) is 13.2. The molecule has 0 saturated heterocycles. The molecule has 30 heavy (non-hydrogen) atoms. The molecule has 0 bridgehead atoms. The van der Waals surface area contributed by atoms with Crippen LogP contribution in [-0.2, 0) is 9.98 Å². The van der Waals surface area contributed by atoms with Crippen molar-refractivity contribution in [2.24, 2.45) is 5.92 Å². The normalized spacial score (nSPS) is 14.9. The van der Waals surface area contributed by atoms with E-state index in [0.717, 1.165) is 36.8 Å². The molecule has 0 amide bonds. The van der Waals surface area contributed by atoms with E-state index in [9.17, 15) is 9.36 Å². The number of hydrogen-bond acceptors (Lipinski definition) is 2. The van der Waals surface area contributed by atoms with Gasteiger partial charge in [-0.15, -0.1) is 0 Å². The van der Waals surface area contributed by atoms with Crippen LogP contribution in [0.1, 0.15) is 87.4 Å². The van der Waals surface area contributed by atoms with E-state index >= 15 is 0 Å². The van der Waals surface area contributed by atoms with Gasteiger partial charge in [0.1, 0.15) is 0 Å². The molecule has 0 aliphatic rings. The van der Waals surface area contributed by atoms with E-state index in [1.54, 1.807) is 0 Å². The molecule has 3 heteroatoms. The van der Waals surface area contributed by atoms with E-state index in [1.807, 2.05) is 44.2 Å². The fourth-order valence-corrected chi connectivity index (χ4v) is 7.32. The van der Waals surface area contributed by atoms with Gasteiger partial charge < -0.3 is 4.57 Å². The molecular formula is C27H39O2P. The number of rotatable bonds is 9. The largest absolute Gasteiger partial charge is 0.310 e. The molecule has 0 aliphatic heterocycles. The Morgan fingerprint density at radius 3 is 2.03 bits per heavy atom. The van der Waals surface area contributed by atoms with Crippen LogP contribution in [0.25, 0.3) is 0 Å². The van der Waals surface area contributed by atoms with Crippen molar-refractivity contribution in [2.45, 2.75) is 79.6 Å². The fraction of sp³-hybridized carbons (Fsp3) is 0.519. The van der Waals surface area contributed by atoms with Gasteiger partial charge in [-0.25, -0.2) is 0 Å². The minimum absolute atomic E-state index is 0.00762. The van der Waals surface area contributed by atoms with Crippen molar-refractivity contribution in [3.05, 3.63) is 64.7 Å². The Hall–Kier alpha value is -1.66. The Balaban J connectivity index is 2.57. The maximum absolute atomic E-state index is 14.5. The number of carbonyl (C=O) groups is 1. The first-order valence-electron chi connectivity index (χ1n) is 11.4. The van der Waals surface area contributed by atoms with Gasteiger partial charge in [0.25, 0.3) is 0 Å². The molecule has 2 rings (SSSR count). The Labute approximate surface area is 183 Å². The van der Waals surface area contributed by atoms with Gasteiger partial charge in [0.05, 0.1) is 0 Å². The molecule has 2 nitrogen and oxygen atoms in total. The highest BCUT2D eigenvalue weighted by atomic mass is 31.2. The van der Waals surface area contributed by atoms with Crippen molar-refractivity contribution in [3.63, 3.8) is 0 Å². The number of unbranched alkanes of at least 4 members (excludes halogenated alkanes) is 1. The van der Waals surface area contributed by atoms with Gasteiger partial charge >= 0.3 is 0 Å². The van der Waals surface area contributed by atoms with Crippen LogP contribution in [0.4, 0.5) is 0 Å². The molecule has 0 fully saturated rings. The lowest BCUT2D eigenvalue weighted by molar-refractivity contribution is 0.107. The van der Waals surface area contributed by atoms with Crippen LogP contribution in [0, 0.1) is 19.8 Å². The lowest BCUT2D eigenvalue weighted by Gasteiger charge is -2.26. The molecule has 2 atom stereocenters. The van der Waals surface area contributed by atoms with Gasteiger partial charge in [-0.05, 0) is 48.3 Å². The molecule has 0 spiro atoms. The molecule has 2 aromatic carbocycles. The van der Waals surface area contributed by atoms with Crippen LogP contribution < -0.4 is 5.30 Å². The highest BCUT2D eigenvalue weighted by Crippen LogP contribution is 2.51. The summed E-state index contributed by atoms with van der Waals surface area (Å²) in [5, 5.41) is 0.698. The van der Waals surface area contributed by atoms with E-state index in [-0.39, 0.29) is 10.9 Å². The number of carbonyl (C=O) groups excluding carboxylic acids is 1. The zero-order valence-corrected chi connectivity index (χ0v) is 20.8. The summed E-state index contributed by atoms with van der Waals surface area (Å²) >= 11 is 0. The molecule has 0 radical (unpaired) electrons. The third kappa shape index (κ3) is 5.52. The van der Waals surface area contributed by atoms with E-state index in [4.69, 9.17) is 0 Å². The van der Waals surface area contributed by atoms with E-state index in [1.165, 1.54) is 5.56 Å². The molecule has 0 N–H and O–H groups in total. The zero-order chi connectivity index (χ0) is 22.5. The van der Waals surface area contributed by atoms with Gasteiger partial charge in [-0.3, -0.25) is 4.79 Å². The maximum Gasteiger partial charge on any atom is 0.226 e. The van der Waals surface area contributed by atoms with Gasteiger partial charge in [0, 0.05) is 17.0 Å². The number of hydrogen-bond donors (Lipinski definition) is 0. The Morgan fingerprint density at radius 2 is 1.57 bits per heavy atom. The third-order valence-corrected chi connectivity index (χ3v) is 9.22. The molecule has 2 unspecified atom stereocenters. The first kappa shape index (κ1) is 24.6. The molecule has 0 saturated carbocycles. The summed E-state index contributed by atoms with van der Waals surface area (Å²) in [6.45, 7) is 14.8. The summed E-state index contributed by atoms with van der Waals surface area (Å²) in [6.07, 6.45) is 4.67. The number of benzene rings is 2. The van der Waals surface area contributed by atoms with Crippen molar-refractivity contribution >= 4 is 18.0 Å².